The first-order valence-electron chi connectivity index (χ1n) is 2.95. The Kier molecular flexibility index (Phi) is 2.28. The van der Waals surface area contributed by atoms with E-state index in [2.05, 4.69) is 4.85 Å². The van der Waals surface area contributed by atoms with E-state index in [0.717, 1.165) is 0 Å². The summed E-state index contributed by atoms with van der Waals surface area (Å²) in [5, 5.41) is 8.60. The second kappa shape index (κ2) is 3.21. The normalized spacial score (nSPS) is 8.67. The Balaban J connectivity index is 3.48. The molecule has 1 aromatic rings. The molecule has 0 aliphatic heterocycles. The van der Waals surface area contributed by atoms with Gasteiger partial charge < -0.3 is 0 Å². The second-order valence-electron chi connectivity index (χ2n) is 2.01. The molecule has 2 nitrogen and oxygen atoms in total. The number of benzene rings is 1. The first-order chi connectivity index (χ1) is 5.69. The molecule has 0 unspecified atom stereocenters. The van der Waals surface area contributed by atoms with Crippen LogP contribution in [0.3, 0.4) is 0 Å². The summed E-state index contributed by atoms with van der Waals surface area (Å²) in [6.45, 7) is 6.57. The lowest BCUT2D eigenvalue weighted by molar-refractivity contribution is 0.630. The van der Waals surface area contributed by atoms with Crippen molar-refractivity contribution in [1.82, 2.24) is 0 Å². The molecule has 1 aromatic carbocycles. The Bertz CT molecular complexity index is 365. The van der Waals surface area contributed by atoms with E-state index in [4.69, 9.17) is 23.4 Å². The molecule has 4 heteroatoms. The van der Waals surface area contributed by atoms with E-state index in [-0.39, 0.29) is 16.3 Å². The van der Waals surface area contributed by atoms with E-state index in [1.54, 1.807) is 6.07 Å². The minimum absolute atomic E-state index is 0.193. The molecule has 0 N–H and O–H groups in total. The third-order valence-electron chi connectivity index (χ3n) is 1.26. The number of hydrogen-bond donors (Lipinski definition) is 0. The van der Waals surface area contributed by atoms with E-state index in [0.29, 0.717) is 0 Å². The maximum Gasteiger partial charge on any atom is 0.224 e. The molecule has 0 amide bonds. The van der Waals surface area contributed by atoms with Gasteiger partial charge in [-0.15, -0.1) is 0 Å². The molecule has 0 radical (unpaired) electrons. The third-order valence-corrected chi connectivity index (χ3v) is 1.48. The van der Waals surface area contributed by atoms with Crippen molar-refractivity contribution in [2.45, 2.75) is 0 Å². The zero-order chi connectivity index (χ0) is 9.14. The highest BCUT2D eigenvalue weighted by atomic mass is 35.5. The van der Waals surface area contributed by atoms with Crippen molar-refractivity contribution in [3.05, 3.63) is 40.0 Å². The van der Waals surface area contributed by atoms with Gasteiger partial charge in [0.05, 0.1) is 12.1 Å². The molecule has 0 fully saturated rings. The molecule has 0 saturated heterocycles. The number of rotatable bonds is 0. The third kappa shape index (κ3) is 1.37. The number of halogens is 2. The summed E-state index contributed by atoms with van der Waals surface area (Å²) in [5.74, 6) is -0.808. The minimum Gasteiger partial charge on any atom is -0.235 e. The lowest BCUT2D eigenvalue weighted by Gasteiger charge is -1.96. The van der Waals surface area contributed by atoms with Crippen LogP contribution >= 0.6 is 11.6 Å². The summed E-state index contributed by atoms with van der Waals surface area (Å²) in [6.07, 6.45) is 0. The van der Waals surface area contributed by atoms with Crippen LogP contribution in [0.5, 0.6) is 0 Å². The molecule has 1 rings (SSSR count). The topological polar surface area (TPSA) is 28.1 Å². The fourth-order valence-electron chi connectivity index (χ4n) is 0.738. The van der Waals surface area contributed by atoms with Crippen LogP contribution < -0.4 is 0 Å². The fraction of sp³-hybridized carbons (Fsp3) is 0. The van der Waals surface area contributed by atoms with Gasteiger partial charge in [-0.1, -0.05) is 11.6 Å². The van der Waals surface area contributed by atoms with Crippen LogP contribution in [0.15, 0.2) is 12.1 Å². The van der Waals surface area contributed by atoms with E-state index in [1.165, 1.54) is 12.1 Å². The van der Waals surface area contributed by atoms with Gasteiger partial charge in [-0.3, -0.25) is 0 Å². The number of nitriles is 1. The van der Waals surface area contributed by atoms with Crippen LogP contribution in [0.1, 0.15) is 5.56 Å². The average Bonchev–Trinajstić information content (AvgIpc) is 2.08. The quantitative estimate of drug-likeness (QED) is 0.565. The summed E-state index contributed by atoms with van der Waals surface area (Å²) in [7, 11) is 0. The molecule has 0 aliphatic rings. The minimum atomic E-state index is -0.808. The zero-order valence-electron chi connectivity index (χ0n) is 5.81. The van der Waals surface area contributed by atoms with Gasteiger partial charge in [0.25, 0.3) is 0 Å². The smallest absolute Gasteiger partial charge is 0.224 e. The Morgan fingerprint density at radius 1 is 1.58 bits per heavy atom. The van der Waals surface area contributed by atoms with Gasteiger partial charge in [0.2, 0.25) is 5.69 Å². The van der Waals surface area contributed by atoms with Crippen LogP contribution in [-0.4, -0.2) is 0 Å². The lowest BCUT2D eigenvalue weighted by Crippen LogP contribution is -1.82. The van der Waals surface area contributed by atoms with E-state index < -0.39 is 5.82 Å². The monoisotopic (exact) mass is 180 g/mol. The van der Waals surface area contributed by atoms with Gasteiger partial charge >= 0.3 is 0 Å². The van der Waals surface area contributed by atoms with Crippen LogP contribution in [0, 0.1) is 23.7 Å². The number of hydrogen-bond acceptors (Lipinski definition) is 1. The zero-order valence-corrected chi connectivity index (χ0v) is 6.56. The summed E-state index contributed by atoms with van der Waals surface area (Å²) in [6, 6.07) is 3.98. The number of nitrogens with zero attached hydrogens (tertiary/aromatic N) is 2. The van der Waals surface area contributed by atoms with Crippen molar-refractivity contribution in [3.63, 3.8) is 0 Å². The molecule has 0 spiro atoms. The van der Waals surface area contributed by atoms with E-state index in [1.807, 2.05) is 0 Å². The molecule has 0 aromatic heterocycles. The van der Waals surface area contributed by atoms with Crippen LogP contribution in [0.25, 0.3) is 4.85 Å². The Labute approximate surface area is 73.6 Å². The predicted molar refractivity (Wildman–Crippen MR) is 42.4 cm³/mol. The first-order valence-corrected chi connectivity index (χ1v) is 3.33. The molecule has 12 heavy (non-hydrogen) atoms. The molecule has 0 aliphatic carbocycles. The highest BCUT2D eigenvalue weighted by Crippen LogP contribution is 2.25. The average molecular weight is 181 g/mol. The van der Waals surface area contributed by atoms with Gasteiger partial charge in [-0.25, -0.2) is 9.24 Å². The molecular weight excluding hydrogens is 179 g/mol. The summed E-state index contributed by atoms with van der Waals surface area (Å²) in [5.41, 5.74) is -0.424. The van der Waals surface area contributed by atoms with Crippen molar-refractivity contribution in [1.29, 1.82) is 5.26 Å². The summed E-state index contributed by atoms with van der Waals surface area (Å²) < 4.78 is 13.0. The fourth-order valence-corrected chi connectivity index (χ4v) is 0.950. The second-order valence-corrected chi connectivity index (χ2v) is 2.45. The molecular formula is C8H2ClFN2. The van der Waals surface area contributed by atoms with Gasteiger partial charge in [0, 0.05) is 5.02 Å². The van der Waals surface area contributed by atoms with Gasteiger partial charge in [0.15, 0.2) is 0 Å². The van der Waals surface area contributed by atoms with Gasteiger partial charge in [-0.2, -0.15) is 5.26 Å². The maximum atomic E-state index is 13.0. The van der Waals surface area contributed by atoms with Crippen molar-refractivity contribution < 1.29 is 4.39 Å². The maximum absolute atomic E-state index is 13.0. The van der Waals surface area contributed by atoms with E-state index in [9.17, 15) is 4.39 Å². The largest absolute Gasteiger partial charge is 0.235 e. The van der Waals surface area contributed by atoms with E-state index >= 15 is 0 Å². The van der Waals surface area contributed by atoms with Gasteiger partial charge in [0.1, 0.15) is 11.9 Å². The Hall–Kier alpha value is -1.58. The molecule has 0 bridgehead atoms. The summed E-state index contributed by atoms with van der Waals surface area (Å²) >= 11 is 5.52. The van der Waals surface area contributed by atoms with Crippen LogP contribution in [0.2, 0.25) is 5.02 Å². The predicted octanol–water partition coefficient (Wildman–Crippen LogP) is 2.90. The Morgan fingerprint density at radius 3 is 2.75 bits per heavy atom. The van der Waals surface area contributed by atoms with Crippen LogP contribution in [-0.2, 0) is 0 Å². The molecule has 58 valence electrons. The van der Waals surface area contributed by atoms with Crippen molar-refractivity contribution in [2.75, 3.05) is 0 Å². The highest BCUT2D eigenvalue weighted by molar-refractivity contribution is 6.31. The standard InChI is InChI=1S/C8H2ClFN2/c1-12-7-3-6(9)2-5(4-11)8(7)10/h2-3H. The summed E-state index contributed by atoms with van der Waals surface area (Å²) in [4.78, 5) is 2.88. The van der Waals surface area contributed by atoms with Crippen LogP contribution in [0.4, 0.5) is 10.1 Å². The Morgan fingerprint density at radius 2 is 2.25 bits per heavy atom. The lowest BCUT2D eigenvalue weighted by atomic mass is 10.2. The molecule has 0 atom stereocenters. The SMILES string of the molecule is [C-]#[N+]c1cc(Cl)cc(C#N)c1F. The highest BCUT2D eigenvalue weighted by Gasteiger charge is 2.08. The van der Waals surface area contributed by atoms with Crippen molar-refractivity contribution in [2.24, 2.45) is 0 Å². The van der Waals surface area contributed by atoms with Gasteiger partial charge in [-0.05, 0) is 12.1 Å². The van der Waals surface area contributed by atoms with Crippen molar-refractivity contribution in [3.8, 4) is 6.07 Å². The van der Waals surface area contributed by atoms with Crippen molar-refractivity contribution >= 4 is 17.3 Å². The molecule has 0 saturated carbocycles. The first kappa shape index (κ1) is 8.52. The molecule has 0 heterocycles.